The molecule has 0 aliphatic heterocycles. The number of amides is 1. The van der Waals surface area contributed by atoms with Gasteiger partial charge in [0, 0.05) is 0 Å². The Labute approximate surface area is 127 Å². The zero-order valence-corrected chi connectivity index (χ0v) is 13.2. The summed E-state index contributed by atoms with van der Waals surface area (Å²) in [6.07, 6.45) is 4.86. The minimum atomic E-state index is -0.0524. The Morgan fingerprint density at radius 3 is 2.70 bits per heavy atom. The van der Waals surface area contributed by atoms with Crippen LogP contribution >= 0.6 is 11.6 Å². The fourth-order valence-electron chi connectivity index (χ4n) is 2.09. The van der Waals surface area contributed by atoms with Crippen LogP contribution in [0.1, 0.15) is 39.5 Å². The van der Waals surface area contributed by atoms with Crippen LogP contribution in [0.5, 0.6) is 0 Å². The second kappa shape index (κ2) is 9.78. The highest BCUT2D eigenvalue weighted by Gasteiger charge is 2.08. The number of rotatable bonds is 9. The van der Waals surface area contributed by atoms with Crippen molar-refractivity contribution in [3.8, 4) is 0 Å². The fourth-order valence-corrected chi connectivity index (χ4v) is 2.27. The van der Waals surface area contributed by atoms with Crippen LogP contribution in [-0.2, 0) is 4.79 Å². The van der Waals surface area contributed by atoms with E-state index in [0.717, 1.165) is 13.0 Å². The highest BCUT2D eigenvalue weighted by molar-refractivity contribution is 6.33. The maximum atomic E-state index is 11.8. The summed E-state index contributed by atoms with van der Waals surface area (Å²) < 4.78 is 0. The lowest BCUT2D eigenvalue weighted by Gasteiger charge is -2.15. The molecule has 1 rings (SSSR count). The van der Waals surface area contributed by atoms with Crippen LogP contribution in [0, 0.1) is 5.92 Å². The van der Waals surface area contributed by atoms with Crippen LogP contribution in [0.25, 0.3) is 0 Å². The predicted octanol–water partition coefficient (Wildman–Crippen LogP) is 4.08. The molecule has 3 nitrogen and oxygen atoms in total. The third-order valence-corrected chi connectivity index (χ3v) is 3.74. The van der Waals surface area contributed by atoms with Gasteiger partial charge in [-0.3, -0.25) is 4.79 Å². The smallest absolute Gasteiger partial charge is 0.238 e. The van der Waals surface area contributed by atoms with Crippen LogP contribution in [-0.4, -0.2) is 19.0 Å². The molecule has 20 heavy (non-hydrogen) atoms. The minimum Gasteiger partial charge on any atom is -0.324 e. The summed E-state index contributed by atoms with van der Waals surface area (Å²) in [5.74, 6) is 0.603. The first-order chi connectivity index (χ1) is 9.67. The van der Waals surface area contributed by atoms with Crippen LogP contribution in [0.3, 0.4) is 0 Å². The number of carbonyl (C=O) groups is 1. The number of carbonyl (C=O) groups excluding carboxylic acids is 1. The Morgan fingerprint density at radius 2 is 2.05 bits per heavy atom. The summed E-state index contributed by atoms with van der Waals surface area (Å²) in [6, 6.07) is 7.27. The lowest BCUT2D eigenvalue weighted by molar-refractivity contribution is -0.115. The summed E-state index contributed by atoms with van der Waals surface area (Å²) in [7, 11) is 0. The van der Waals surface area contributed by atoms with Crippen LogP contribution in [0.2, 0.25) is 5.02 Å². The molecule has 0 spiro atoms. The number of nitrogens with one attached hydrogen (secondary N) is 2. The van der Waals surface area contributed by atoms with Gasteiger partial charge >= 0.3 is 0 Å². The number of unbranched alkanes of at least 4 members (excludes halogenated alkanes) is 1. The molecule has 1 aromatic carbocycles. The highest BCUT2D eigenvalue weighted by Crippen LogP contribution is 2.20. The van der Waals surface area contributed by atoms with Crippen molar-refractivity contribution >= 4 is 23.2 Å². The summed E-state index contributed by atoms with van der Waals surface area (Å²) in [5, 5.41) is 6.61. The van der Waals surface area contributed by atoms with Gasteiger partial charge in [-0.15, -0.1) is 0 Å². The Bertz CT molecular complexity index is 409. The molecule has 1 aromatic rings. The molecule has 0 aromatic heterocycles. The van der Waals surface area contributed by atoms with Crippen molar-refractivity contribution in [2.24, 2.45) is 5.92 Å². The molecule has 0 aliphatic carbocycles. The molecular weight excluding hydrogens is 272 g/mol. The molecule has 1 unspecified atom stereocenters. The standard InChI is InChI=1S/C16H25ClN2O/c1-3-5-8-13(4-2)11-18-12-16(20)19-15-10-7-6-9-14(15)17/h6-7,9-10,13,18H,3-5,8,11-12H2,1-2H3,(H,19,20). The highest BCUT2D eigenvalue weighted by atomic mass is 35.5. The van der Waals surface area contributed by atoms with Crippen molar-refractivity contribution in [2.45, 2.75) is 39.5 Å². The quantitative estimate of drug-likeness (QED) is 0.721. The van der Waals surface area contributed by atoms with Gasteiger partial charge in [-0.1, -0.05) is 56.8 Å². The fraction of sp³-hybridized carbons (Fsp3) is 0.562. The number of anilines is 1. The molecule has 4 heteroatoms. The number of para-hydroxylation sites is 1. The number of halogens is 1. The first-order valence-electron chi connectivity index (χ1n) is 7.42. The van der Waals surface area contributed by atoms with E-state index in [1.54, 1.807) is 12.1 Å². The SMILES string of the molecule is CCCCC(CC)CNCC(=O)Nc1ccccc1Cl. The molecule has 0 saturated carbocycles. The summed E-state index contributed by atoms with van der Waals surface area (Å²) in [6.45, 7) is 5.63. The van der Waals surface area contributed by atoms with E-state index in [9.17, 15) is 4.79 Å². The zero-order valence-electron chi connectivity index (χ0n) is 12.4. The first kappa shape index (κ1) is 17.0. The Kier molecular flexibility index (Phi) is 8.31. The van der Waals surface area contributed by atoms with E-state index >= 15 is 0 Å². The topological polar surface area (TPSA) is 41.1 Å². The zero-order chi connectivity index (χ0) is 14.8. The lowest BCUT2D eigenvalue weighted by Crippen LogP contribution is -2.31. The number of benzene rings is 1. The molecule has 0 bridgehead atoms. The largest absolute Gasteiger partial charge is 0.324 e. The van der Waals surface area contributed by atoms with E-state index in [0.29, 0.717) is 23.2 Å². The van der Waals surface area contributed by atoms with Crippen molar-refractivity contribution < 1.29 is 4.79 Å². The molecule has 0 radical (unpaired) electrons. The molecule has 0 aliphatic rings. The van der Waals surface area contributed by atoms with E-state index < -0.39 is 0 Å². The average Bonchev–Trinajstić information content (AvgIpc) is 2.45. The second-order valence-electron chi connectivity index (χ2n) is 5.08. The lowest BCUT2D eigenvalue weighted by atomic mass is 9.99. The molecule has 0 heterocycles. The van der Waals surface area contributed by atoms with E-state index in [2.05, 4.69) is 24.5 Å². The number of hydrogen-bond donors (Lipinski definition) is 2. The molecule has 0 fully saturated rings. The van der Waals surface area contributed by atoms with Crippen molar-refractivity contribution in [2.75, 3.05) is 18.4 Å². The summed E-state index contributed by atoms with van der Waals surface area (Å²) in [4.78, 5) is 11.8. The van der Waals surface area contributed by atoms with Gasteiger partial charge in [0.15, 0.2) is 0 Å². The third-order valence-electron chi connectivity index (χ3n) is 3.41. The average molecular weight is 297 g/mol. The molecule has 112 valence electrons. The van der Waals surface area contributed by atoms with E-state index in [4.69, 9.17) is 11.6 Å². The van der Waals surface area contributed by atoms with Gasteiger partial charge in [-0.05, 0) is 31.0 Å². The van der Waals surface area contributed by atoms with Gasteiger partial charge in [0.25, 0.3) is 0 Å². The Hall–Kier alpha value is -1.06. The van der Waals surface area contributed by atoms with Crippen molar-refractivity contribution in [3.63, 3.8) is 0 Å². The molecule has 1 atom stereocenters. The maximum absolute atomic E-state index is 11.8. The monoisotopic (exact) mass is 296 g/mol. The third kappa shape index (κ3) is 6.40. The molecule has 2 N–H and O–H groups in total. The maximum Gasteiger partial charge on any atom is 0.238 e. The van der Waals surface area contributed by atoms with Gasteiger partial charge in [-0.2, -0.15) is 0 Å². The molecular formula is C16H25ClN2O. The van der Waals surface area contributed by atoms with Crippen molar-refractivity contribution in [3.05, 3.63) is 29.3 Å². The van der Waals surface area contributed by atoms with Crippen molar-refractivity contribution in [1.29, 1.82) is 0 Å². The minimum absolute atomic E-state index is 0.0524. The molecule has 0 saturated heterocycles. The van der Waals surface area contributed by atoms with Crippen LogP contribution < -0.4 is 10.6 Å². The van der Waals surface area contributed by atoms with Gasteiger partial charge in [0.05, 0.1) is 17.3 Å². The Morgan fingerprint density at radius 1 is 1.30 bits per heavy atom. The summed E-state index contributed by atoms with van der Waals surface area (Å²) >= 11 is 6.00. The normalized spacial score (nSPS) is 12.2. The van der Waals surface area contributed by atoms with Crippen LogP contribution in [0.15, 0.2) is 24.3 Å². The predicted molar refractivity (Wildman–Crippen MR) is 86.3 cm³/mol. The van der Waals surface area contributed by atoms with Gasteiger partial charge in [0.2, 0.25) is 5.91 Å². The van der Waals surface area contributed by atoms with Gasteiger partial charge in [0.1, 0.15) is 0 Å². The van der Waals surface area contributed by atoms with Gasteiger partial charge in [-0.25, -0.2) is 0 Å². The number of hydrogen-bond acceptors (Lipinski definition) is 2. The van der Waals surface area contributed by atoms with E-state index in [-0.39, 0.29) is 5.91 Å². The van der Waals surface area contributed by atoms with Crippen LogP contribution in [0.4, 0.5) is 5.69 Å². The molecule has 1 amide bonds. The first-order valence-corrected chi connectivity index (χ1v) is 7.80. The second-order valence-corrected chi connectivity index (χ2v) is 5.48. The van der Waals surface area contributed by atoms with Gasteiger partial charge < -0.3 is 10.6 Å². The van der Waals surface area contributed by atoms with E-state index in [1.165, 1.54) is 19.3 Å². The summed E-state index contributed by atoms with van der Waals surface area (Å²) in [5.41, 5.74) is 0.666. The van der Waals surface area contributed by atoms with Crippen molar-refractivity contribution in [1.82, 2.24) is 5.32 Å². The van der Waals surface area contributed by atoms with E-state index in [1.807, 2.05) is 12.1 Å². The Balaban J connectivity index is 2.28.